The largest absolute Gasteiger partial charge is 0.475 e. The van der Waals surface area contributed by atoms with Gasteiger partial charge in [0.15, 0.2) is 0 Å². The van der Waals surface area contributed by atoms with Crippen LogP contribution in [-0.4, -0.2) is 164 Å². The number of hydrogen-bond acceptors (Lipinski definition) is 19. The zero-order valence-corrected chi connectivity index (χ0v) is 52.1. The molecule has 6 aliphatic rings. The minimum absolute atomic E-state index is 0.180. The molecule has 6 fully saturated rings. The third-order valence-electron chi connectivity index (χ3n) is 17.0. The van der Waals surface area contributed by atoms with Gasteiger partial charge in [0, 0.05) is 38.5 Å². The highest BCUT2D eigenvalue weighted by atomic mass is 31.2. The Balaban J connectivity index is 0.785. The summed E-state index contributed by atoms with van der Waals surface area (Å²) in [7, 11) is -4.61. The first kappa shape index (κ1) is 70.2. The fourth-order valence-electron chi connectivity index (χ4n) is 11.3. The molecule has 0 amide bonds. The van der Waals surface area contributed by atoms with Gasteiger partial charge in [0.25, 0.3) is 0 Å². The van der Waals surface area contributed by atoms with Crippen LogP contribution in [0.1, 0.15) is 252 Å². The maximum Gasteiger partial charge on any atom is 0.475 e. The van der Waals surface area contributed by atoms with Crippen molar-refractivity contribution in [2.24, 2.45) is 0 Å². The lowest BCUT2D eigenvalue weighted by Gasteiger charge is -2.22. The Morgan fingerprint density at radius 1 is 0.325 bits per heavy atom. The van der Waals surface area contributed by atoms with E-state index in [-0.39, 0.29) is 19.3 Å². The monoisotopic (exact) mass is 1200 g/mol. The SMILES string of the molecule is CCCCC[C@@H]1OC1C[C@H]1OC1CCCCCCCC(=O)OC[C@H](O)COP(=O)(OC[C@@H](O)COC(=O)CCCCCCCC1O[C@@H]1CC1O[C@H]1CCCCC)OC[C@@H](O)COC(=O)CCCCCCCC1O[C@@H]1CC1O[C@H]1CCCCC. The molecule has 0 aromatic heterocycles. The molecule has 6 saturated heterocycles. The number of esters is 3. The van der Waals surface area contributed by atoms with Crippen LogP contribution >= 0.6 is 7.82 Å². The Morgan fingerprint density at radius 3 is 0.783 bits per heavy atom. The zero-order valence-electron chi connectivity index (χ0n) is 51.2. The molecule has 6 aliphatic heterocycles. The van der Waals surface area contributed by atoms with Gasteiger partial charge in [-0.1, -0.05) is 156 Å². The van der Waals surface area contributed by atoms with Gasteiger partial charge in [0.2, 0.25) is 0 Å². The lowest BCUT2D eigenvalue weighted by atomic mass is 10.0. The Bertz CT molecular complexity index is 1630. The smallest absolute Gasteiger partial charge is 0.463 e. The molecule has 6 unspecified atom stereocenters. The molecule has 482 valence electrons. The number of phosphoric acid groups is 1. The van der Waals surface area contributed by atoms with Crippen LogP contribution < -0.4 is 0 Å². The van der Waals surface area contributed by atoms with E-state index in [1.807, 2.05) is 0 Å². The second-order valence-electron chi connectivity index (χ2n) is 24.7. The number of aliphatic hydroxyl groups is 3. The minimum atomic E-state index is -4.61. The van der Waals surface area contributed by atoms with Crippen molar-refractivity contribution in [3.63, 3.8) is 0 Å². The number of carbonyl (C=O) groups excluding carboxylic acids is 3. The number of epoxide rings is 6. The number of ether oxygens (including phenoxy) is 9. The predicted octanol–water partition coefficient (Wildman–Crippen LogP) is 11.6. The van der Waals surface area contributed by atoms with Crippen molar-refractivity contribution in [2.75, 3.05) is 39.6 Å². The number of hydrogen-bond donors (Lipinski definition) is 3. The van der Waals surface area contributed by atoms with E-state index in [1.165, 1.54) is 57.8 Å². The van der Waals surface area contributed by atoms with Crippen LogP contribution in [0, 0.1) is 0 Å². The molecule has 20 heteroatoms. The molecular weight excluding hydrogens is 1090 g/mol. The fraction of sp³-hybridized carbons (Fsp3) is 0.952. The van der Waals surface area contributed by atoms with Crippen molar-refractivity contribution < 1.29 is 90.5 Å². The van der Waals surface area contributed by atoms with E-state index in [4.69, 9.17) is 56.2 Å². The second kappa shape index (κ2) is 39.9. The number of carbonyl (C=O) groups is 3. The van der Waals surface area contributed by atoms with Crippen molar-refractivity contribution in [3.8, 4) is 0 Å². The van der Waals surface area contributed by atoms with E-state index < -0.39 is 83.7 Å². The van der Waals surface area contributed by atoms with Gasteiger partial charge in [-0.25, -0.2) is 4.57 Å². The first-order valence-corrected chi connectivity index (χ1v) is 34.8. The van der Waals surface area contributed by atoms with Gasteiger partial charge in [0.05, 0.1) is 93.1 Å². The molecule has 0 aliphatic carbocycles. The molecule has 0 saturated carbocycles. The second-order valence-corrected chi connectivity index (χ2v) is 26.4. The zero-order chi connectivity index (χ0) is 59.1. The van der Waals surface area contributed by atoms with E-state index in [9.17, 15) is 34.3 Å². The molecule has 0 bridgehead atoms. The lowest BCUT2D eigenvalue weighted by molar-refractivity contribution is -0.147. The standard InChI is InChI=1S/C63H111O19P/c1-4-7-19-28-49-55(77-49)37-58-52(80-58)31-22-13-10-16-25-34-61(67)71-40-46(64)43-74-83(70,75-44-47(65)41-72-62(68)35-26-17-11-14-23-32-53-59(81-53)38-56-50(78-56)29-20-8-5-2)76-45-48(66)42-73-63(69)36-27-18-12-15-24-33-54-60(82-54)39-57-51(79-57)30-21-9-6-3/h46-60,64-66H,4-45H2,1-3H3/t46-,47-,48-,49-,50-,51-,52?,53?,54?,55?,56?,57?,58+,59+,60+,83?/m0/s1. The van der Waals surface area contributed by atoms with Crippen LogP contribution in [0.3, 0.4) is 0 Å². The van der Waals surface area contributed by atoms with Gasteiger partial charge in [-0.05, 0) is 57.8 Å². The minimum Gasteiger partial charge on any atom is -0.463 e. The van der Waals surface area contributed by atoms with Gasteiger partial charge in [-0.3, -0.25) is 28.0 Å². The summed E-state index contributed by atoms with van der Waals surface area (Å²) < 4.78 is 80.8. The highest BCUT2D eigenvalue weighted by molar-refractivity contribution is 7.48. The number of phosphoric ester groups is 1. The number of unbranched alkanes of at least 4 members (excludes halogenated alkanes) is 18. The van der Waals surface area contributed by atoms with E-state index in [0.717, 1.165) is 135 Å². The summed E-state index contributed by atoms with van der Waals surface area (Å²) >= 11 is 0. The Morgan fingerprint density at radius 2 is 0.542 bits per heavy atom. The fourth-order valence-corrected chi connectivity index (χ4v) is 12.6. The highest BCUT2D eigenvalue weighted by Crippen LogP contribution is 2.50. The molecule has 0 radical (unpaired) electrons. The molecule has 3 N–H and O–H groups in total. The molecule has 0 spiro atoms. The average molecular weight is 1200 g/mol. The maximum atomic E-state index is 13.8. The van der Waals surface area contributed by atoms with Crippen LogP contribution in [-0.2, 0) is 75.2 Å². The van der Waals surface area contributed by atoms with Crippen LogP contribution in [0.2, 0.25) is 0 Å². The molecule has 6 heterocycles. The van der Waals surface area contributed by atoms with Crippen molar-refractivity contribution in [3.05, 3.63) is 0 Å². The van der Waals surface area contributed by atoms with Gasteiger partial charge in [-0.15, -0.1) is 0 Å². The van der Waals surface area contributed by atoms with Crippen molar-refractivity contribution in [1.82, 2.24) is 0 Å². The molecule has 83 heavy (non-hydrogen) atoms. The Kier molecular flexibility index (Phi) is 33.8. The summed E-state index contributed by atoms with van der Waals surface area (Å²) in [6.45, 7) is 3.38. The van der Waals surface area contributed by atoms with Gasteiger partial charge in [-0.2, -0.15) is 0 Å². The van der Waals surface area contributed by atoms with E-state index >= 15 is 0 Å². The van der Waals surface area contributed by atoms with E-state index in [2.05, 4.69) is 20.8 Å². The molecule has 0 aromatic carbocycles. The third-order valence-corrected chi connectivity index (χ3v) is 18.4. The van der Waals surface area contributed by atoms with Gasteiger partial charge in [0.1, 0.15) is 38.1 Å². The average Bonchev–Trinajstić information content (AvgIpc) is 3.76. The summed E-state index contributed by atoms with van der Waals surface area (Å²) in [4.78, 5) is 37.5. The van der Waals surface area contributed by atoms with Crippen LogP contribution in [0.5, 0.6) is 0 Å². The third kappa shape index (κ3) is 31.8. The first-order valence-electron chi connectivity index (χ1n) is 33.3. The van der Waals surface area contributed by atoms with E-state index in [1.54, 1.807) is 0 Å². The summed E-state index contributed by atoms with van der Waals surface area (Å²) in [5, 5.41) is 31.9. The molecule has 0 aromatic rings. The van der Waals surface area contributed by atoms with Crippen LogP contribution in [0.4, 0.5) is 0 Å². The van der Waals surface area contributed by atoms with Gasteiger partial charge < -0.3 is 58.0 Å². The summed E-state index contributed by atoms with van der Waals surface area (Å²) in [5.41, 5.74) is 0. The first-order chi connectivity index (χ1) is 40.3. The Labute approximate surface area is 497 Å². The lowest BCUT2D eigenvalue weighted by Crippen LogP contribution is -2.27. The van der Waals surface area contributed by atoms with E-state index in [0.29, 0.717) is 92.5 Å². The Hall–Kier alpha value is -1.84. The van der Waals surface area contributed by atoms with Crippen LogP contribution in [0.25, 0.3) is 0 Å². The highest BCUT2D eigenvalue weighted by Gasteiger charge is 2.49. The number of rotatable bonds is 57. The normalized spacial score (nSPS) is 28.2. The quantitative estimate of drug-likeness (QED) is 0.0168. The van der Waals surface area contributed by atoms with Crippen LogP contribution in [0.15, 0.2) is 0 Å². The predicted molar refractivity (Wildman–Crippen MR) is 312 cm³/mol. The van der Waals surface area contributed by atoms with Crippen molar-refractivity contribution in [2.45, 2.75) is 343 Å². The summed E-state index contributed by atoms with van der Waals surface area (Å²) in [6, 6.07) is 0. The maximum absolute atomic E-state index is 13.8. The molecule has 15 atom stereocenters. The number of aliphatic hydroxyl groups excluding tert-OH is 3. The molecule has 19 nitrogen and oxygen atoms in total. The topological polar surface area (TPSA) is 260 Å². The molecule has 6 rings (SSSR count). The summed E-state index contributed by atoms with van der Waals surface area (Å²) in [6.07, 6.45) is 35.4. The summed E-state index contributed by atoms with van der Waals surface area (Å²) in [5.74, 6) is -1.47. The van der Waals surface area contributed by atoms with Crippen molar-refractivity contribution >= 4 is 25.7 Å². The molecular formula is C63H111O19P. The van der Waals surface area contributed by atoms with Gasteiger partial charge >= 0.3 is 25.7 Å². The van der Waals surface area contributed by atoms with Crippen molar-refractivity contribution in [1.29, 1.82) is 0 Å².